The first-order valence-electron chi connectivity index (χ1n) is 11.4. The molecule has 1 unspecified atom stereocenters. The van der Waals surface area contributed by atoms with Crippen molar-refractivity contribution in [3.63, 3.8) is 0 Å². The number of hydrogen-bond donors (Lipinski definition) is 1. The lowest BCUT2D eigenvalue weighted by Crippen LogP contribution is -2.44. The molecule has 5 rings (SSSR count). The van der Waals surface area contributed by atoms with Crippen LogP contribution in [0.3, 0.4) is 0 Å². The molecule has 1 N–H and O–H groups in total. The summed E-state index contributed by atoms with van der Waals surface area (Å²) in [7, 11) is 0. The highest BCUT2D eigenvalue weighted by atomic mass is 35.5. The molecule has 3 aromatic rings. The number of amides is 1. The van der Waals surface area contributed by atoms with Crippen LogP contribution in [0, 0.1) is 19.8 Å². The Labute approximate surface area is 193 Å². The first-order valence-corrected chi connectivity index (χ1v) is 11.8. The second kappa shape index (κ2) is 8.75. The zero-order chi connectivity index (χ0) is 22.2. The highest BCUT2D eigenvalue weighted by Crippen LogP contribution is 2.33. The fourth-order valence-electron chi connectivity index (χ4n) is 4.66. The van der Waals surface area contributed by atoms with Crippen molar-refractivity contribution in [2.24, 2.45) is 5.92 Å². The number of carbonyl (C=O) groups excluding carboxylic acids is 1. The van der Waals surface area contributed by atoms with Gasteiger partial charge in [-0.15, -0.1) is 0 Å². The van der Waals surface area contributed by atoms with Gasteiger partial charge in [0.2, 0.25) is 11.9 Å². The summed E-state index contributed by atoms with van der Waals surface area (Å²) >= 11 is 6.48. The van der Waals surface area contributed by atoms with Gasteiger partial charge in [0.25, 0.3) is 0 Å². The zero-order valence-electron chi connectivity index (χ0n) is 18.6. The molecule has 2 aliphatic rings. The first-order chi connectivity index (χ1) is 15.5. The monoisotopic (exact) mass is 452 g/mol. The number of fused-ring (bicyclic) bond motifs is 1. The Balaban J connectivity index is 1.42. The molecule has 2 aliphatic heterocycles. The smallest absolute Gasteiger partial charge is 0.223 e. The van der Waals surface area contributed by atoms with E-state index in [2.05, 4.69) is 52.0 Å². The summed E-state index contributed by atoms with van der Waals surface area (Å²) in [6, 6.07) is 12.7. The fraction of sp³-hybridized carbons (Fsp3) is 0.440. The van der Waals surface area contributed by atoms with Crippen LogP contribution in [0.25, 0.3) is 16.7 Å². The predicted molar refractivity (Wildman–Crippen MR) is 128 cm³/mol. The molecule has 6 nitrogen and oxygen atoms in total. The van der Waals surface area contributed by atoms with Crippen LogP contribution in [-0.4, -0.2) is 47.8 Å². The lowest BCUT2D eigenvalue weighted by Gasteiger charge is -2.32. The number of carbonyl (C=O) groups is 1. The molecule has 0 spiro atoms. The van der Waals surface area contributed by atoms with Gasteiger partial charge in [0, 0.05) is 36.3 Å². The van der Waals surface area contributed by atoms with Gasteiger partial charge < -0.3 is 15.0 Å². The average molecular weight is 453 g/mol. The molecular formula is C25H29ClN4O2. The number of piperidine rings is 1. The maximum Gasteiger partial charge on any atom is 0.223 e. The quantitative estimate of drug-likeness (QED) is 0.636. The number of ether oxygens (including phenoxy) is 1. The van der Waals surface area contributed by atoms with Crippen LogP contribution in [0.5, 0.6) is 0 Å². The highest BCUT2D eigenvalue weighted by Gasteiger charge is 2.30. The largest absolute Gasteiger partial charge is 0.379 e. The Morgan fingerprint density at radius 3 is 2.56 bits per heavy atom. The summed E-state index contributed by atoms with van der Waals surface area (Å²) in [4.78, 5) is 20.0. The van der Waals surface area contributed by atoms with E-state index in [0.717, 1.165) is 72.2 Å². The van der Waals surface area contributed by atoms with Crippen molar-refractivity contribution in [3.05, 3.63) is 52.5 Å². The molecule has 1 aromatic heterocycles. The van der Waals surface area contributed by atoms with Gasteiger partial charge in [-0.1, -0.05) is 29.3 Å². The molecule has 0 radical (unpaired) electrons. The molecule has 0 aliphatic carbocycles. The molecule has 1 atom stereocenters. The van der Waals surface area contributed by atoms with Crippen molar-refractivity contribution in [2.45, 2.75) is 39.2 Å². The molecule has 7 heteroatoms. The van der Waals surface area contributed by atoms with Gasteiger partial charge >= 0.3 is 0 Å². The minimum Gasteiger partial charge on any atom is -0.379 e. The Kier molecular flexibility index (Phi) is 5.82. The minimum absolute atomic E-state index is 0.0424. The van der Waals surface area contributed by atoms with E-state index in [-0.39, 0.29) is 17.9 Å². The van der Waals surface area contributed by atoms with E-state index in [1.807, 2.05) is 13.0 Å². The summed E-state index contributed by atoms with van der Waals surface area (Å²) in [5.41, 5.74) is 5.23. The van der Waals surface area contributed by atoms with Gasteiger partial charge in [-0.2, -0.15) is 0 Å². The van der Waals surface area contributed by atoms with E-state index in [1.54, 1.807) is 0 Å². The molecular weight excluding hydrogens is 424 g/mol. The summed E-state index contributed by atoms with van der Waals surface area (Å²) in [5.74, 6) is 1.11. The van der Waals surface area contributed by atoms with Gasteiger partial charge in [0.15, 0.2) is 0 Å². The minimum atomic E-state index is 0.0424. The second-order valence-corrected chi connectivity index (χ2v) is 9.41. The standard InChI is InChI=1S/C25H29ClN4O2/c1-16-3-5-20(6-4-16)30-23-14-21(26)17(2)13-22(23)28-25(30)29-10-7-18(8-11-29)24(31)27-19-9-12-32-15-19/h3-6,13-14,18-19H,7-12,15H2,1-2H3,(H,27,31). The highest BCUT2D eigenvalue weighted by molar-refractivity contribution is 6.32. The lowest BCUT2D eigenvalue weighted by atomic mass is 9.95. The first kappa shape index (κ1) is 21.3. The topological polar surface area (TPSA) is 59.4 Å². The third kappa shape index (κ3) is 4.09. The van der Waals surface area contributed by atoms with Crippen molar-refractivity contribution in [3.8, 4) is 5.69 Å². The van der Waals surface area contributed by atoms with Gasteiger partial charge in [0.1, 0.15) is 0 Å². The SMILES string of the molecule is Cc1ccc(-n2c(N3CCC(C(=O)NC4CCOC4)CC3)nc3cc(C)c(Cl)cc32)cc1. The Hall–Kier alpha value is -2.57. The Bertz CT molecular complexity index is 1130. The maximum absolute atomic E-state index is 12.7. The van der Waals surface area contributed by atoms with Crippen LogP contribution in [0.1, 0.15) is 30.4 Å². The van der Waals surface area contributed by atoms with Gasteiger partial charge in [-0.3, -0.25) is 9.36 Å². The van der Waals surface area contributed by atoms with Crippen LogP contribution >= 0.6 is 11.6 Å². The third-order valence-electron chi connectivity index (χ3n) is 6.63. The molecule has 1 amide bonds. The van der Waals surface area contributed by atoms with Gasteiger partial charge in [-0.25, -0.2) is 4.98 Å². The number of aromatic nitrogens is 2. The van der Waals surface area contributed by atoms with E-state index in [4.69, 9.17) is 21.3 Å². The number of hydrogen-bond acceptors (Lipinski definition) is 4. The molecule has 2 fully saturated rings. The molecule has 0 bridgehead atoms. The predicted octanol–water partition coefficient (Wildman–Crippen LogP) is 4.42. The summed E-state index contributed by atoms with van der Waals surface area (Å²) in [5, 5.41) is 3.90. The van der Waals surface area contributed by atoms with E-state index >= 15 is 0 Å². The van der Waals surface area contributed by atoms with E-state index < -0.39 is 0 Å². The number of benzene rings is 2. The number of halogens is 1. The Morgan fingerprint density at radius 2 is 1.88 bits per heavy atom. The molecule has 3 heterocycles. The van der Waals surface area contributed by atoms with E-state index in [9.17, 15) is 4.79 Å². The third-order valence-corrected chi connectivity index (χ3v) is 7.04. The molecule has 2 saturated heterocycles. The fourth-order valence-corrected chi connectivity index (χ4v) is 4.82. The van der Waals surface area contributed by atoms with Crippen molar-refractivity contribution in [2.75, 3.05) is 31.2 Å². The van der Waals surface area contributed by atoms with Crippen molar-refractivity contribution >= 4 is 34.5 Å². The summed E-state index contributed by atoms with van der Waals surface area (Å²) < 4.78 is 7.58. The molecule has 32 heavy (non-hydrogen) atoms. The Morgan fingerprint density at radius 1 is 1.12 bits per heavy atom. The van der Waals surface area contributed by atoms with Crippen molar-refractivity contribution < 1.29 is 9.53 Å². The van der Waals surface area contributed by atoms with Crippen molar-refractivity contribution in [1.29, 1.82) is 0 Å². The number of nitrogens with one attached hydrogen (secondary N) is 1. The summed E-state index contributed by atoms with van der Waals surface area (Å²) in [6.07, 6.45) is 2.54. The molecule has 0 saturated carbocycles. The second-order valence-electron chi connectivity index (χ2n) is 9.00. The number of nitrogens with zero attached hydrogens (tertiary/aromatic N) is 3. The van der Waals surface area contributed by atoms with Crippen LogP contribution in [0.2, 0.25) is 5.02 Å². The molecule has 168 valence electrons. The lowest BCUT2D eigenvalue weighted by molar-refractivity contribution is -0.126. The number of aryl methyl sites for hydroxylation is 2. The normalized spacial score (nSPS) is 19.6. The van der Waals surface area contributed by atoms with E-state index in [0.29, 0.717) is 6.61 Å². The number of imidazole rings is 1. The van der Waals surface area contributed by atoms with Gasteiger partial charge in [0.05, 0.1) is 23.7 Å². The maximum atomic E-state index is 12.7. The molecule has 2 aromatic carbocycles. The van der Waals surface area contributed by atoms with Gasteiger partial charge in [-0.05, 0) is 62.9 Å². The summed E-state index contributed by atoms with van der Waals surface area (Å²) in [6.45, 7) is 7.05. The van der Waals surface area contributed by atoms with Crippen LogP contribution < -0.4 is 10.2 Å². The zero-order valence-corrected chi connectivity index (χ0v) is 19.4. The van der Waals surface area contributed by atoms with Crippen molar-refractivity contribution in [1.82, 2.24) is 14.9 Å². The van der Waals surface area contributed by atoms with Crippen LogP contribution in [-0.2, 0) is 9.53 Å². The average Bonchev–Trinajstić information content (AvgIpc) is 3.43. The number of rotatable bonds is 4. The number of anilines is 1. The van der Waals surface area contributed by atoms with E-state index in [1.165, 1.54) is 5.56 Å². The van der Waals surface area contributed by atoms with Crippen LogP contribution in [0.4, 0.5) is 5.95 Å². The van der Waals surface area contributed by atoms with Crippen LogP contribution in [0.15, 0.2) is 36.4 Å².